The molecule has 1 rings (SSSR count). The maximum atomic E-state index is 11.6. The second-order valence-electron chi connectivity index (χ2n) is 5.22. The maximum absolute atomic E-state index is 11.6. The van der Waals surface area contributed by atoms with E-state index in [2.05, 4.69) is 10.5 Å². The number of oxime groups is 1. The first-order valence-corrected chi connectivity index (χ1v) is 7.14. The summed E-state index contributed by atoms with van der Waals surface area (Å²) >= 11 is 0. The topological polar surface area (TPSA) is 69.1 Å². The van der Waals surface area contributed by atoms with Crippen molar-refractivity contribution in [3.63, 3.8) is 0 Å². The summed E-state index contributed by atoms with van der Waals surface area (Å²) in [5.41, 5.74) is 0.706. The molecule has 6 nitrogen and oxygen atoms in total. The molecule has 1 N–H and O–H groups in total. The standard InChI is InChI=1S/C16H24N2O4/c1-11(2)12(3)18-16(19)10-22-17-9-13-8-14(20-4)6-7-15(13)21-5/h6-9,11-12H,10H2,1-5H3,(H,18,19)/b17-9+. The summed E-state index contributed by atoms with van der Waals surface area (Å²) in [4.78, 5) is 16.7. The van der Waals surface area contributed by atoms with Crippen molar-refractivity contribution < 1.29 is 19.1 Å². The van der Waals surface area contributed by atoms with Crippen LogP contribution in [0.5, 0.6) is 11.5 Å². The minimum atomic E-state index is -0.198. The summed E-state index contributed by atoms with van der Waals surface area (Å²) < 4.78 is 10.4. The quantitative estimate of drug-likeness (QED) is 0.590. The number of nitrogens with zero attached hydrogens (tertiary/aromatic N) is 1. The van der Waals surface area contributed by atoms with Crippen LogP contribution in [0.4, 0.5) is 0 Å². The summed E-state index contributed by atoms with van der Waals surface area (Å²) in [6, 6.07) is 5.43. The Morgan fingerprint density at radius 1 is 1.27 bits per heavy atom. The summed E-state index contributed by atoms with van der Waals surface area (Å²) in [5, 5.41) is 6.63. The van der Waals surface area contributed by atoms with Crippen LogP contribution in [0.15, 0.2) is 23.4 Å². The van der Waals surface area contributed by atoms with E-state index in [0.29, 0.717) is 23.0 Å². The van der Waals surface area contributed by atoms with E-state index in [1.165, 1.54) is 6.21 Å². The first kappa shape index (κ1) is 17.8. The van der Waals surface area contributed by atoms with Crippen LogP contribution in [0, 0.1) is 5.92 Å². The number of nitrogens with one attached hydrogen (secondary N) is 1. The van der Waals surface area contributed by atoms with Crippen LogP contribution in [-0.4, -0.2) is 39.0 Å². The highest BCUT2D eigenvalue weighted by molar-refractivity contribution is 5.84. The number of ether oxygens (including phenoxy) is 2. The smallest absolute Gasteiger partial charge is 0.260 e. The van der Waals surface area contributed by atoms with Crippen molar-refractivity contribution in [2.75, 3.05) is 20.8 Å². The molecule has 0 aliphatic carbocycles. The average Bonchev–Trinajstić information content (AvgIpc) is 2.51. The van der Waals surface area contributed by atoms with Gasteiger partial charge in [0.05, 0.1) is 20.4 Å². The average molecular weight is 308 g/mol. The Hall–Kier alpha value is -2.24. The van der Waals surface area contributed by atoms with Crippen LogP contribution in [0.3, 0.4) is 0 Å². The molecular weight excluding hydrogens is 284 g/mol. The summed E-state index contributed by atoms with van der Waals surface area (Å²) in [6.07, 6.45) is 1.49. The first-order chi connectivity index (χ1) is 10.5. The lowest BCUT2D eigenvalue weighted by atomic mass is 10.1. The number of hydrogen-bond acceptors (Lipinski definition) is 5. The fourth-order valence-corrected chi connectivity index (χ4v) is 1.59. The Labute approximate surface area is 131 Å². The van der Waals surface area contributed by atoms with E-state index < -0.39 is 0 Å². The van der Waals surface area contributed by atoms with Crippen LogP contribution >= 0.6 is 0 Å². The van der Waals surface area contributed by atoms with Gasteiger partial charge in [-0.25, -0.2) is 0 Å². The van der Waals surface area contributed by atoms with Crippen LogP contribution < -0.4 is 14.8 Å². The van der Waals surface area contributed by atoms with E-state index in [9.17, 15) is 4.79 Å². The van der Waals surface area contributed by atoms with Crippen LogP contribution in [0.2, 0.25) is 0 Å². The second-order valence-corrected chi connectivity index (χ2v) is 5.22. The van der Waals surface area contributed by atoms with E-state index in [4.69, 9.17) is 14.3 Å². The number of hydrogen-bond donors (Lipinski definition) is 1. The molecule has 1 atom stereocenters. The van der Waals surface area contributed by atoms with Gasteiger partial charge in [0.15, 0.2) is 6.61 Å². The third-order valence-corrected chi connectivity index (χ3v) is 3.29. The van der Waals surface area contributed by atoms with Gasteiger partial charge in [-0.3, -0.25) is 4.79 Å². The highest BCUT2D eigenvalue weighted by atomic mass is 16.6. The van der Waals surface area contributed by atoms with Gasteiger partial charge in [0, 0.05) is 11.6 Å². The molecule has 122 valence electrons. The van der Waals surface area contributed by atoms with Crippen LogP contribution in [0.25, 0.3) is 0 Å². The molecule has 0 heterocycles. The summed E-state index contributed by atoms with van der Waals surface area (Å²) in [5.74, 6) is 1.50. The number of methoxy groups -OCH3 is 2. The van der Waals surface area contributed by atoms with Crippen molar-refractivity contribution in [1.82, 2.24) is 5.32 Å². The van der Waals surface area contributed by atoms with Gasteiger partial charge in [-0.15, -0.1) is 0 Å². The molecule has 0 radical (unpaired) electrons. The van der Waals surface area contributed by atoms with Crippen molar-refractivity contribution in [2.45, 2.75) is 26.8 Å². The van der Waals surface area contributed by atoms with E-state index in [1.54, 1.807) is 32.4 Å². The molecule has 0 saturated carbocycles. The Balaban J connectivity index is 2.54. The van der Waals surface area contributed by atoms with Gasteiger partial charge in [0.1, 0.15) is 11.5 Å². The highest BCUT2D eigenvalue weighted by Gasteiger charge is 2.10. The molecule has 0 aliphatic heterocycles. The molecule has 1 unspecified atom stereocenters. The van der Waals surface area contributed by atoms with E-state index in [1.807, 2.05) is 20.8 Å². The maximum Gasteiger partial charge on any atom is 0.260 e. The van der Waals surface area contributed by atoms with E-state index in [0.717, 1.165) is 0 Å². The molecule has 0 saturated heterocycles. The summed E-state index contributed by atoms with van der Waals surface area (Å²) in [6.45, 7) is 5.91. The largest absolute Gasteiger partial charge is 0.497 e. The van der Waals surface area contributed by atoms with Gasteiger partial charge in [-0.2, -0.15) is 0 Å². The predicted molar refractivity (Wildman–Crippen MR) is 85.5 cm³/mol. The Kier molecular flexibility index (Phi) is 7.22. The number of benzene rings is 1. The minimum Gasteiger partial charge on any atom is -0.497 e. The van der Waals surface area contributed by atoms with Crippen molar-refractivity contribution in [3.8, 4) is 11.5 Å². The zero-order chi connectivity index (χ0) is 16.5. The van der Waals surface area contributed by atoms with Crippen molar-refractivity contribution in [1.29, 1.82) is 0 Å². The van der Waals surface area contributed by atoms with Crippen LogP contribution in [0.1, 0.15) is 26.3 Å². The Morgan fingerprint density at radius 3 is 2.59 bits per heavy atom. The van der Waals surface area contributed by atoms with Crippen LogP contribution in [-0.2, 0) is 9.63 Å². The lowest BCUT2D eigenvalue weighted by Crippen LogP contribution is -2.38. The lowest BCUT2D eigenvalue weighted by molar-refractivity contribution is -0.126. The molecule has 0 bridgehead atoms. The van der Waals surface area contributed by atoms with Gasteiger partial charge in [0.25, 0.3) is 5.91 Å². The third-order valence-electron chi connectivity index (χ3n) is 3.29. The molecule has 0 spiro atoms. The third kappa shape index (κ3) is 5.63. The van der Waals surface area contributed by atoms with Gasteiger partial charge >= 0.3 is 0 Å². The van der Waals surface area contributed by atoms with Crippen molar-refractivity contribution in [3.05, 3.63) is 23.8 Å². The minimum absolute atomic E-state index is 0.0959. The molecule has 1 aromatic rings. The van der Waals surface area contributed by atoms with Gasteiger partial charge < -0.3 is 19.6 Å². The molecule has 0 aliphatic rings. The molecule has 22 heavy (non-hydrogen) atoms. The molecule has 1 aromatic carbocycles. The van der Waals surface area contributed by atoms with E-state index in [-0.39, 0.29) is 18.6 Å². The fraction of sp³-hybridized carbons (Fsp3) is 0.500. The van der Waals surface area contributed by atoms with Gasteiger partial charge in [0.2, 0.25) is 0 Å². The number of carbonyl (C=O) groups is 1. The number of rotatable bonds is 8. The van der Waals surface area contributed by atoms with Crippen molar-refractivity contribution >= 4 is 12.1 Å². The normalized spacial score (nSPS) is 12.3. The Morgan fingerprint density at radius 2 is 2.00 bits per heavy atom. The fourth-order valence-electron chi connectivity index (χ4n) is 1.59. The molecular formula is C16H24N2O4. The highest BCUT2D eigenvalue weighted by Crippen LogP contribution is 2.22. The number of amides is 1. The molecule has 0 fully saturated rings. The summed E-state index contributed by atoms with van der Waals surface area (Å²) in [7, 11) is 3.15. The van der Waals surface area contributed by atoms with Gasteiger partial charge in [-0.1, -0.05) is 19.0 Å². The zero-order valence-corrected chi connectivity index (χ0v) is 13.8. The molecule has 1 amide bonds. The first-order valence-electron chi connectivity index (χ1n) is 7.14. The lowest BCUT2D eigenvalue weighted by Gasteiger charge is -2.16. The van der Waals surface area contributed by atoms with Gasteiger partial charge in [-0.05, 0) is 31.0 Å². The number of carbonyl (C=O) groups excluding carboxylic acids is 1. The predicted octanol–water partition coefficient (Wildman–Crippen LogP) is 2.21. The van der Waals surface area contributed by atoms with Crippen molar-refractivity contribution in [2.24, 2.45) is 11.1 Å². The SMILES string of the molecule is COc1ccc(OC)c(/C=N/OCC(=O)NC(C)C(C)C)c1. The molecule has 0 aromatic heterocycles. The Bertz CT molecular complexity index is 515. The zero-order valence-electron chi connectivity index (χ0n) is 13.8. The monoisotopic (exact) mass is 308 g/mol. The second kappa shape index (κ2) is 8.92. The van der Waals surface area contributed by atoms with E-state index >= 15 is 0 Å². The molecule has 6 heteroatoms.